The van der Waals surface area contributed by atoms with Crippen LogP contribution in [0.3, 0.4) is 0 Å². The van der Waals surface area contributed by atoms with Gasteiger partial charge < -0.3 is 10.4 Å². The zero-order valence-corrected chi connectivity index (χ0v) is 12.9. The Morgan fingerprint density at radius 2 is 2.00 bits per heavy atom. The van der Waals surface area contributed by atoms with Crippen LogP contribution in [0.25, 0.3) is 0 Å². The van der Waals surface area contributed by atoms with Crippen molar-refractivity contribution >= 4 is 33.4 Å². The highest BCUT2D eigenvalue weighted by Gasteiger charge is 2.34. The van der Waals surface area contributed by atoms with Crippen LogP contribution in [-0.4, -0.2) is 29.3 Å². The van der Waals surface area contributed by atoms with E-state index in [-0.39, 0.29) is 12.2 Å². The average molecular weight is 358 g/mol. The van der Waals surface area contributed by atoms with Crippen molar-refractivity contribution in [3.05, 3.63) is 28.2 Å². The highest BCUT2D eigenvalue weighted by Crippen LogP contribution is 2.36. The fourth-order valence-electron chi connectivity index (χ4n) is 1.55. The van der Waals surface area contributed by atoms with Gasteiger partial charge in [-0.1, -0.05) is 15.9 Å². The minimum Gasteiger partial charge on any atom is -0.387 e. The molecule has 0 aliphatic heterocycles. The SMILES string of the molecule is CSCC(C)(O)CNc1ccc(Br)cc1C(F)(F)F. The lowest BCUT2D eigenvalue weighted by molar-refractivity contribution is -0.137. The van der Waals surface area contributed by atoms with Gasteiger partial charge in [-0.25, -0.2) is 0 Å². The Morgan fingerprint density at radius 3 is 2.53 bits per heavy atom. The van der Waals surface area contributed by atoms with Gasteiger partial charge in [0.05, 0.1) is 11.2 Å². The molecule has 1 unspecified atom stereocenters. The zero-order chi connectivity index (χ0) is 14.7. The van der Waals surface area contributed by atoms with Crippen LogP contribution in [0.4, 0.5) is 18.9 Å². The van der Waals surface area contributed by atoms with Crippen LogP contribution >= 0.6 is 27.7 Å². The van der Waals surface area contributed by atoms with Crippen molar-refractivity contribution in [3.63, 3.8) is 0 Å². The molecule has 0 radical (unpaired) electrons. The monoisotopic (exact) mass is 357 g/mol. The molecule has 1 aromatic carbocycles. The fraction of sp³-hybridized carbons (Fsp3) is 0.500. The number of alkyl halides is 3. The molecule has 0 aliphatic carbocycles. The molecule has 0 fully saturated rings. The zero-order valence-electron chi connectivity index (χ0n) is 10.5. The molecule has 0 saturated carbocycles. The maximum atomic E-state index is 12.9. The van der Waals surface area contributed by atoms with Crippen LogP contribution in [0.5, 0.6) is 0 Å². The molecule has 19 heavy (non-hydrogen) atoms. The molecule has 1 aromatic rings. The van der Waals surface area contributed by atoms with E-state index in [1.165, 1.54) is 23.9 Å². The van der Waals surface area contributed by atoms with Crippen molar-refractivity contribution in [1.82, 2.24) is 0 Å². The van der Waals surface area contributed by atoms with E-state index in [9.17, 15) is 18.3 Å². The lowest BCUT2D eigenvalue weighted by atomic mass is 10.1. The minimum absolute atomic E-state index is 0.0305. The second-order valence-corrected chi connectivity index (χ2v) is 6.25. The van der Waals surface area contributed by atoms with Gasteiger partial charge in [-0.15, -0.1) is 0 Å². The minimum atomic E-state index is -4.43. The molecule has 0 saturated heterocycles. The Hall–Kier alpha value is -0.400. The number of rotatable bonds is 5. The van der Waals surface area contributed by atoms with E-state index in [1.54, 1.807) is 6.92 Å². The van der Waals surface area contributed by atoms with Gasteiger partial charge in [0.2, 0.25) is 0 Å². The molecule has 0 spiro atoms. The van der Waals surface area contributed by atoms with Crippen LogP contribution in [0, 0.1) is 0 Å². The quantitative estimate of drug-likeness (QED) is 0.835. The lowest BCUT2D eigenvalue weighted by Crippen LogP contribution is -2.36. The summed E-state index contributed by atoms with van der Waals surface area (Å²) in [4.78, 5) is 0. The van der Waals surface area contributed by atoms with E-state index in [0.717, 1.165) is 6.07 Å². The van der Waals surface area contributed by atoms with Crippen molar-refractivity contribution in [2.45, 2.75) is 18.7 Å². The molecule has 1 atom stereocenters. The molecular weight excluding hydrogens is 343 g/mol. The molecular formula is C12H15BrF3NOS. The molecule has 2 N–H and O–H groups in total. The van der Waals surface area contributed by atoms with Gasteiger partial charge in [0.25, 0.3) is 0 Å². The van der Waals surface area contributed by atoms with E-state index >= 15 is 0 Å². The van der Waals surface area contributed by atoms with Crippen LogP contribution < -0.4 is 5.32 Å². The Kier molecular flexibility index (Phi) is 5.58. The summed E-state index contributed by atoms with van der Waals surface area (Å²) in [6.45, 7) is 1.64. The second-order valence-electron chi connectivity index (χ2n) is 4.47. The third kappa shape index (κ3) is 5.24. The van der Waals surface area contributed by atoms with Gasteiger partial charge in [-0.2, -0.15) is 24.9 Å². The van der Waals surface area contributed by atoms with Gasteiger partial charge in [-0.3, -0.25) is 0 Å². The second kappa shape index (κ2) is 6.37. The summed E-state index contributed by atoms with van der Waals surface area (Å²) < 4.78 is 39.0. The van der Waals surface area contributed by atoms with E-state index in [1.807, 2.05) is 6.26 Å². The number of anilines is 1. The molecule has 2 nitrogen and oxygen atoms in total. The van der Waals surface area contributed by atoms with Crippen LogP contribution in [0.1, 0.15) is 12.5 Å². The number of benzene rings is 1. The summed E-state index contributed by atoms with van der Waals surface area (Å²) in [7, 11) is 0. The van der Waals surface area contributed by atoms with E-state index in [4.69, 9.17) is 0 Å². The number of hydrogen-bond acceptors (Lipinski definition) is 3. The number of hydrogen-bond donors (Lipinski definition) is 2. The number of halogens is 4. The highest BCUT2D eigenvalue weighted by molar-refractivity contribution is 9.10. The Balaban J connectivity index is 2.90. The largest absolute Gasteiger partial charge is 0.418 e. The Morgan fingerprint density at radius 1 is 1.37 bits per heavy atom. The van der Waals surface area contributed by atoms with Crippen LogP contribution in [0.2, 0.25) is 0 Å². The predicted octanol–water partition coefficient (Wildman–Crippen LogP) is 3.99. The third-order valence-electron chi connectivity index (χ3n) is 2.40. The number of nitrogens with one attached hydrogen (secondary N) is 1. The summed E-state index contributed by atoms with van der Waals surface area (Å²) in [5.41, 5.74) is -1.84. The number of aliphatic hydroxyl groups is 1. The molecule has 0 heterocycles. The van der Waals surface area contributed by atoms with E-state index < -0.39 is 17.3 Å². The summed E-state index contributed by atoms with van der Waals surface area (Å²) in [6, 6.07) is 3.90. The van der Waals surface area contributed by atoms with Crippen molar-refractivity contribution in [2.75, 3.05) is 23.9 Å². The van der Waals surface area contributed by atoms with Gasteiger partial charge in [0.15, 0.2) is 0 Å². The lowest BCUT2D eigenvalue weighted by Gasteiger charge is -2.24. The van der Waals surface area contributed by atoms with Crippen molar-refractivity contribution < 1.29 is 18.3 Å². The first kappa shape index (κ1) is 16.7. The third-order valence-corrected chi connectivity index (χ3v) is 3.81. The van der Waals surface area contributed by atoms with Gasteiger partial charge in [0, 0.05) is 22.5 Å². The van der Waals surface area contributed by atoms with Crippen molar-refractivity contribution in [1.29, 1.82) is 0 Å². The molecule has 108 valence electrons. The predicted molar refractivity (Wildman–Crippen MR) is 76.6 cm³/mol. The first-order valence-electron chi connectivity index (χ1n) is 5.48. The fourth-order valence-corrected chi connectivity index (χ4v) is 2.64. The van der Waals surface area contributed by atoms with Crippen LogP contribution in [0.15, 0.2) is 22.7 Å². The Labute approximate surface area is 122 Å². The van der Waals surface area contributed by atoms with E-state index in [0.29, 0.717) is 10.2 Å². The molecule has 0 bridgehead atoms. The maximum absolute atomic E-state index is 12.9. The summed E-state index contributed by atoms with van der Waals surface area (Å²) in [5, 5.41) is 12.6. The standard InChI is InChI=1S/C12H15BrF3NOS/c1-11(18,7-19-2)6-17-10-4-3-8(13)5-9(10)12(14,15)16/h3-5,17-18H,6-7H2,1-2H3. The maximum Gasteiger partial charge on any atom is 0.418 e. The molecule has 0 aliphatic rings. The van der Waals surface area contributed by atoms with Gasteiger partial charge >= 0.3 is 6.18 Å². The smallest absolute Gasteiger partial charge is 0.387 e. The molecule has 0 amide bonds. The van der Waals surface area contributed by atoms with Crippen molar-refractivity contribution in [3.8, 4) is 0 Å². The number of thioether (sulfide) groups is 1. The average Bonchev–Trinajstić information content (AvgIpc) is 2.26. The first-order chi connectivity index (χ1) is 8.65. The summed E-state index contributed by atoms with van der Waals surface area (Å²) in [6.07, 6.45) is -2.60. The highest BCUT2D eigenvalue weighted by atomic mass is 79.9. The van der Waals surface area contributed by atoms with Crippen molar-refractivity contribution in [2.24, 2.45) is 0 Å². The summed E-state index contributed by atoms with van der Waals surface area (Å²) in [5.74, 6) is 0.442. The van der Waals surface area contributed by atoms with Gasteiger partial charge in [0.1, 0.15) is 0 Å². The molecule has 1 rings (SSSR count). The van der Waals surface area contributed by atoms with E-state index in [2.05, 4.69) is 21.2 Å². The first-order valence-corrected chi connectivity index (χ1v) is 7.66. The Bertz CT molecular complexity index is 437. The van der Waals surface area contributed by atoms with Gasteiger partial charge in [-0.05, 0) is 31.4 Å². The normalized spacial score (nSPS) is 15.1. The van der Waals surface area contributed by atoms with Crippen LogP contribution in [-0.2, 0) is 6.18 Å². The molecule has 0 aromatic heterocycles. The summed E-state index contributed by atoms with van der Waals surface area (Å²) >= 11 is 4.46. The molecule has 7 heteroatoms. The topological polar surface area (TPSA) is 32.3 Å².